The third-order valence-corrected chi connectivity index (χ3v) is 1.17. The average molecular weight is 142 g/mol. The van der Waals surface area contributed by atoms with Crippen molar-refractivity contribution in [2.24, 2.45) is 0 Å². The van der Waals surface area contributed by atoms with E-state index in [4.69, 9.17) is 10.2 Å². The highest BCUT2D eigenvalue weighted by Gasteiger charge is 1.94. The molecule has 10 heavy (non-hydrogen) atoms. The lowest BCUT2D eigenvalue weighted by atomic mass is 10.2. The molecule has 1 unspecified atom stereocenters. The minimum Gasteiger partial charge on any atom is -0.395 e. The SMILES string of the molecule is CCC(O)CC#CCCO. The molecule has 0 aromatic rings. The molecule has 0 aliphatic heterocycles. The van der Waals surface area contributed by atoms with Crippen LogP contribution in [0.25, 0.3) is 0 Å². The summed E-state index contributed by atoms with van der Waals surface area (Å²) in [6.07, 6.45) is 1.48. The summed E-state index contributed by atoms with van der Waals surface area (Å²) in [5, 5.41) is 17.3. The van der Waals surface area contributed by atoms with Crippen molar-refractivity contribution in [1.82, 2.24) is 0 Å². The first-order valence-electron chi connectivity index (χ1n) is 3.56. The van der Waals surface area contributed by atoms with Crippen LogP contribution in [0.2, 0.25) is 0 Å². The first kappa shape index (κ1) is 9.48. The molecule has 0 radical (unpaired) electrons. The van der Waals surface area contributed by atoms with Crippen LogP contribution in [0.3, 0.4) is 0 Å². The summed E-state index contributed by atoms with van der Waals surface area (Å²) in [6, 6.07) is 0. The predicted octanol–water partition coefficient (Wildman–Crippen LogP) is 0.533. The number of hydrogen-bond donors (Lipinski definition) is 2. The zero-order valence-corrected chi connectivity index (χ0v) is 6.30. The average Bonchev–Trinajstić information content (AvgIpc) is 1.98. The second-order valence-electron chi connectivity index (χ2n) is 2.09. The van der Waals surface area contributed by atoms with Crippen molar-refractivity contribution in [2.75, 3.05) is 6.61 Å². The zero-order valence-electron chi connectivity index (χ0n) is 6.30. The van der Waals surface area contributed by atoms with Gasteiger partial charge in [0.25, 0.3) is 0 Å². The van der Waals surface area contributed by atoms with Crippen LogP contribution in [-0.4, -0.2) is 22.9 Å². The third-order valence-electron chi connectivity index (χ3n) is 1.17. The van der Waals surface area contributed by atoms with E-state index in [-0.39, 0.29) is 12.7 Å². The minimum absolute atomic E-state index is 0.106. The Morgan fingerprint density at radius 3 is 2.60 bits per heavy atom. The molecule has 0 bridgehead atoms. The van der Waals surface area contributed by atoms with Gasteiger partial charge in [0.1, 0.15) is 0 Å². The number of hydrogen-bond acceptors (Lipinski definition) is 2. The van der Waals surface area contributed by atoms with E-state index in [9.17, 15) is 0 Å². The van der Waals surface area contributed by atoms with Crippen molar-refractivity contribution in [1.29, 1.82) is 0 Å². The fraction of sp³-hybridized carbons (Fsp3) is 0.750. The molecule has 2 N–H and O–H groups in total. The number of aliphatic hydroxyl groups excluding tert-OH is 2. The van der Waals surface area contributed by atoms with E-state index in [0.29, 0.717) is 12.8 Å². The summed E-state index contributed by atoms with van der Waals surface area (Å²) in [4.78, 5) is 0. The topological polar surface area (TPSA) is 40.5 Å². The third kappa shape index (κ3) is 5.61. The van der Waals surface area contributed by atoms with Crippen molar-refractivity contribution in [3.63, 3.8) is 0 Å². The van der Waals surface area contributed by atoms with E-state index in [1.54, 1.807) is 0 Å². The fourth-order valence-corrected chi connectivity index (χ4v) is 0.479. The van der Waals surface area contributed by atoms with E-state index < -0.39 is 0 Å². The number of aliphatic hydroxyl groups is 2. The quantitative estimate of drug-likeness (QED) is 0.564. The van der Waals surface area contributed by atoms with Gasteiger partial charge in [-0.3, -0.25) is 0 Å². The van der Waals surface area contributed by atoms with E-state index >= 15 is 0 Å². The van der Waals surface area contributed by atoms with Gasteiger partial charge in [0, 0.05) is 12.8 Å². The monoisotopic (exact) mass is 142 g/mol. The van der Waals surface area contributed by atoms with Crippen LogP contribution in [0.4, 0.5) is 0 Å². The lowest BCUT2D eigenvalue weighted by Crippen LogP contribution is -2.01. The van der Waals surface area contributed by atoms with Gasteiger partial charge in [-0.05, 0) is 6.42 Å². The van der Waals surface area contributed by atoms with Crippen molar-refractivity contribution in [3.8, 4) is 11.8 Å². The number of rotatable bonds is 3. The van der Waals surface area contributed by atoms with Crippen LogP contribution in [0.1, 0.15) is 26.2 Å². The molecule has 0 heterocycles. The van der Waals surface area contributed by atoms with E-state index in [2.05, 4.69) is 11.8 Å². The highest BCUT2D eigenvalue weighted by Crippen LogP contribution is 1.93. The Bertz CT molecular complexity index is 121. The van der Waals surface area contributed by atoms with Crippen LogP contribution < -0.4 is 0 Å². The van der Waals surface area contributed by atoms with E-state index in [1.165, 1.54) is 0 Å². The van der Waals surface area contributed by atoms with Gasteiger partial charge in [-0.15, -0.1) is 11.8 Å². The molecular weight excluding hydrogens is 128 g/mol. The Morgan fingerprint density at radius 1 is 1.40 bits per heavy atom. The van der Waals surface area contributed by atoms with Crippen molar-refractivity contribution in [3.05, 3.63) is 0 Å². The van der Waals surface area contributed by atoms with Crippen molar-refractivity contribution >= 4 is 0 Å². The largest absolute Gasteiger partial charge is 0.395 e. The molecule has 0 saturated heterocycles. The van der Waals surface area contributed by atoms with Gasteiger partial charge in [0.2, 0.25) is 0 Å². The Labute approximate surface area is 61.9 Å². The second kappa shape index (κ2) is 6.60. The van der Waals surface area contributed by atoms with Crippen molar-refractivity contribution < 1.29 is 10.2 Å². The van der Waals surface area contributed by atoms with Crippen molar-refractivity contribution in [2.45, 2.75) is 32.3 Å². The minimum atomic E-state index is -0.300. The van der Waals surface area contributed by atoms with E-state index in [0.717, 1.165) is 6.42 Å². The fourth-order valence-electron chi connectivity index (χ4n) is 0.479. The molecule has 2 nitrogen and oxygen atoms in total. The molecule has 2 heteroatoms. The molecule has 0 rings (SSSR count). The standard InChI is InChI=1S/C8H14O2/c1-2-8(10)6-4-3-5-7-9/h8-10H,2,5-7H2,1H3. The van der Waals surface area contributed by atoms with Crippen LogP contribution in [0, 0.1) is 11.8 Å². The summed E-state index contributed by atoms with van der Waals surface area (Å²) in [7, 11) is 0. The predicted molar refractivity (Wildman–Crippen MR) is 40.4 cm³/mol. The molecule has 1 atom stereocenters. The van der Waals surface area contributed by atoms with Gasteiger partial charge in [-0.25, -0.2) is 0 Å². The maximum absolute atomic E-state index is 8.99. The zero-order chi connectivity index (χ0) is 7.82. The first-order chi connectivity index (χ1) is 4.81. The molecule has 0 amide bonds. The second-order valence-corrected chi connectivity index (χ2v) is 2.09. The van der Waals surface area contributed by atoms with Gasteiger partial charge < -0.3 is 10.2 Å². The molecule has 0 aromatic carbocycles. The highest BCUT2D eigenvalue weighted by atomic mass is 16.3. The van der Waals surface area contributed by atoms with Crippen LogP contribution in [-0.2, 0) is 0 Å². The van der Waals surface area contributed by atoms with Gasteiger partial charge in [0.05, 0.1) is 12.7 Å². The Hall–Kier alpha value is -0.520. The first-order valence-corrected chi connectivity index (χ1v) is 3.56. The lowest BCUT2D eigenvalue weighted by Gasteiger charge is -1.98. The van der Waals surface area contributed by atoms with Gasteiger partial charge in [-0.1, -0.05) is 6.92 Å². The molecule has 0 spiro atoms. The Kier molecular flexibility index (Phi) is 6.25. The van der Waals surface area contributed by atoms with Gasteiger partial charge in [-0.2, -0.15) is 0 Å². The summed E-state index contributed by atoms with van der Waals surface area (Å²) >= 11 is 0. The smallest absolute Gasteiger partial charge is 0.0646 e. The van der Waals surface area contributed by atoms with Gasteiger partial charge in [0.15, 0.2) is 0 Å². The summed E-state index contributed by atoms with van der Waals surface area (Å²) in [5.74, 6) is 5.52. The Morgan fingerprint density at radius 2 is 2.10 bits per heavy atom. The molecule has 0 fully saturated rings. The normalized spacial score (nSPS) is 11.9. The molecule has 58 valence electrons. The summed E-state index contributed by atoms with van der Waals surface area (Å²) < 4.78 is 0. The molecule has 0 aliphatic rings. The Balaban J connectivity index is 3.26. The summed E-state index contributed by atoms with van der Waals surface area (Å²) in [6.45, 7) is 2.02. The maximum atomic E-state index is 8.99. The van der Waals surface area contributed by atoms with Crippen LogP contribution in [0.15, 0.2) is 0 Å². The lowest BCUT2D eigenvalue weighted by molar-refractivity contribution is 0.176. The van der Waals surface area contributed by atoms with E-state index in [1.807, 2.05) is 6.92 Å². The maximum Gasteiger partial charge on any atom is 0.0646 e. The molecule has 0 aliphatic carbocycles. The highest BCUT2D eigenvalue weighted by molar-refractivity contribution is 4.99. The van der Waals surface area contributed by atoms with Gasteiger partial charge >= 0.3 is 0 Å². The molecular formula is C8H14O2. The van der Waals surface area contributed by atoms with Crippen LogP contribution >= 0.6 is 0 Å². The molecule has 0 aromatic heterocycles. The molecule has 0 saturated carbocycles. The summed E-state index contributed by atoms with van der Waals surface area (Å²) in [5.41, 5.74) is 0. The van der Waals surface area contributed by atoms with Crippen LogP contribution in [0.5, 0.6) is 0 Å².